The minimum Gasteiger partial charge on any atom is -0.383 e. The van der Waals surface area contributed by atoms with E-state index in [1.807, 2.05) is 49.5 Å². The van der Waals surface area contributed by atoms with Crippen molar-refractivity contribution >= 4 is 5.78 Å². The number of hydrogen-bond donors (Lipinski definition) is 1. The highest BCUT2D eigenvalue weighted by atomic mass is 16.1. The van der Waals surface area contributed by atoms with Gasteiger partial charge in [-0.2, -0.15) is 0 Å². The van der Waals surface area contributed by atoms with Crippen LogP contribution in [0.5, 0.6) is 0 Å². The van der Waals surface area contributed by atoms with Crippen molar-refractivity contribution in [3.8, 4) is 0 Å². The van der Waals surface area contributed by atoms with Gasteiger partial charge in [0.05, 0.1) is 0 Å². The first-order valence-corrected chi connectivity index (χ1v) is 6.47. The molecule has 3 nitrogen and oxygen atoms in total. The highest BCUT2D eigenvalue weighted by Crippen LogP contribution is 1.97. The van der Waals surface area contributed by atoms with Crippen LogP contribution in [0.1, 0.15) is 12.0 Å². The number of hydrogen-bond acceptors (Lipinski definition) is 3. The predicted molar refractivity (Wildman–Crippen MR) is 79.7 cm³/mol. The molecule has 0 aliphatic carbocycles. The SMILES string of the molecule is CN(C)/C=C\C=C\C(=O)CCNCc1ccccc1. The molecule has 1 aromatic carbocycles. The van der Waals surface area contributed by atoms with E-state index >= 15 is 0 Å². The zero-order valence-corrected chi connectivity index (χ0v) is 11.7. The second kappa shape index (κ2) is 9.11. The molecular weight excluding hydrogens is 236 g/mol. The van der Waals surface area contributed by atoms with Crippen molar-refractivity contribution in [2.45, 2.75) is 13.0 Å². The fourth-order valence-electron chi connectivity index (χ4n) is 1.51. The summed E-state index contributed by atoms with van der Waals surface area (Å²) in [6.07, 6.45) is 7.68. The molecule has 19 heavy (non-hydrogen) atoms. The first-order valence-electron chi connectivity index (χ1n) is 6.47. The largest absolute Gasteiger partial charge is 0.383 e. The first-order chi connectivity index (χ1) is 9.18. The Bertz CT molecular complexity index is 422. The Labute approximate surface area is 115 Å². The topological polar surface area (TPSA) is 32.3 Å². The lowest BCUT2D eigenvalue weighted by molar-refractivity contribution is -0.114. The smallest absolute Gasteiger partial charge is 0.156 e. The van der Waals surface area contributed by atoms with E-state index in [4.69, 9.17) is 0 Å². The average Bonchev–Trinajstić information content (AvgIpc) is 2.41. The van der Waals surface area contributed by atoms with E-state index in [9.17, 15) is 4.79 Å². The molecule has 0 aromatic heterocycles. The van der Waals surface area contributed by atoms with E-state index in [0.717, 1.165) is 6.54 Å². The van der Waals surface area contributed by atoms with E-state index in [1.54, 1.807) is 12.2 Å². The number of carbonyl (C=O) groups excluding carboxylic acids is 1. The summed E-state index contributed by atoms with van der Waals surface area (Å²) in [5.74, 6) is 0.143. The van der Waals surface area contributed by atoms with E-state index in [2.05, 4.69) is 17.4 Å². The van der Waals surface area contributed by atoms with Crippen LogP contribution in [0.25, 0.3) is 0 Å². The molecule has 0 fully saturated rings. The van der Waals surface area contributed by atoms with Crippen molar-refractivity contribution < 1.29 is 4.79 Å². The van der Waals surface area contributed by atoms with Crippen LogP contribution in [0.3, 0.4) is 0 Å². The van der Waals surface area contributed by atoms with Gasteiger partial charge in [0.1, 0.15) is 0 Å². The fraction of sp³-hybridized carbons (Fsp3) is 0.312. The number of ketones is 1. The van der Waals surface area contributed by atoms with Crippen LogP contribution in [-0.4, -0.2) is 31.3 Å². The van der Waals surface area contributed by atoms with E-state index in [1.165, 1.54) is 5.56 Å². The van der Waals surface area contributed by atoms with Crippen LogP contribution in [0, 0.1) is 0 Å². The molecule has 0 atom stereocenters. The van der Waals surface area contributed by atoms with Crippen LogP contribution in [0.15, 0.2) is 54.8 Å². The maximum Gasteiger partial charge on any atom is 0.156 e. The zero-order chi connectivity index (χ0) is 13.9. The van der Waals surface area contributed by atoms with Crippen LogP contribution >= 0.6 is 0 Å². The fourth-order valence-corrected chi connectivity index (χ4v) is 1.51. The monoisotopic (exact) mass is 258 g/mol. The lowest BCUT2D eigenvalue weighted by Crippen LogP contribution is -2.17. The van der Waals surface area contributed by atoms with Gasteiger partial charge >= 0.3 is 0 Å². The Balaban J connectivity index is 2.14. The zero-order valence-electron chi connectivity index (χ0n) is 11.7. The van der Waals surface area contributed by atoms with Crippen molar-refractivity contribution in [3.05, 3.63) is 60.3 Å². The molecule has 0 aliphatic rings. The highest BCUT2D eigenvalue weighted by Gasteiger charge is 1.96. The maximum absolute atomic E-state index is 11.5. The van der Waals surface area contributed by atoms with Gasteiger partial charge in [-0.15, -0.1) is 0 Å². The van der Waals surface area contributed by atoms with E-state index < -0.39 is 0 Å². The minimum absolute atomic E-state index is 0.143. The summed E-state index contributed by atoms with van der Waals surface area (Å²) in [5, 5.41) is 3.26. The summed E-state index contributed by atoms with van der Waals surface area (Å²) in [6, 6.07) is 10.2. The number of rotatable bonds is 8. The van der Waals surface area contributed by atoms with Gasteiger partial charge in [0.2, 0.25) is 0 Å². The Morgan fingerprint density at radius 1 is 1.21 bits per heavy atom. The van der Waals surface area contributed by atoms with E-state index in [-0.39, 0.29) is 5.78 Å². The van der Waals surface area contributed by atoms with Gasteiger partial charge < -0.3 is 10.2 Å². The second-order valence-electron chi connectivity index (χ2n) is 4.54. The van der Waals surface area contributed by atoms with Gasteiger partial charge in [-0.1, -0.05) is 36.4 Å². The average molecular weight is 258 g/mol. The normalized spacial score (nSPS) is 11.3. The van der Waals surface area contributed by atoms with Crippen LogP contribution in [-0.2, 0) is 11.3 Å². The van der Waals surface area contributed by atoms with Crippen molar-refractivity contribution in [1.82, 2.24) is 10.2 Å². The molecule has 3 heteroatoms. The lowest BCUT2D eigenvalue weighted by atomic mass is 10.2. The molecular formula is C16H22N2O. The van der Waals surface area contributed by atoms with Crippen molar-refractivity contribution in [3.63, 3.8) is 0 Å². The summed E-state index contributed by atoms with van der Waals surface area (Å²) < 4.78 is 0. The Kier molecular flexibility index (Phi) is 7.28. The molecule has 0 aliphatic heterocycles. The lowest BCUT2D eigenvalue weighted by Gasteiger charge is -2.03. The van der Waals surface area contributed by atoms with Gasteiger partial charge in [0.25, 0.3) is 0 Å². The summed E-state index contributed by atoms with van der Waals surface area (Å²) in [5.41, 5.74) is 1.24. The van der Waals surface area contributed by atoms with Crippen LogP contribution in [0.4, 0.5) is 0 Å². The molecule has 1 aromatic rings. The van der Waals surface area contributed by atoms with Gasteiger partial charge in [-0.25, -0.2) is 0 Å². The summed E-state index contributed by atoms with van der Waals surface area (Å²) >= 11 is 0. The molecule has 0 amide bonds. The van der Waals surface area contributed by atoms with Crippen molar-refractivity contribution in [2.24, 2.45) is 0 Å². The predicted octanol–water partition coefficient (Wildman–Crippen LogP) is 2.37. The standard InChI is InChI=1S/C16H22N2O/c1-18(2)13-7-6-10-16(19)11-12-17-14-15-8-4-3-5-9-15/h3-10,13,17H,11-12,14H2,1-2H3/b10-6+,13-7-. The quantitative estimate of drug-likeness (QED) is 0.441. The van der Waals surface area contributed by atoms with E-state index in [0.29, 0.717) is 13.0 Å². The molecule has 0 heterocycles. The Morgan fingerprint density at radius 3 is 2.63 bits per heavy atom. The summed E-state index contributed by atoms with van der Waals surface area (Å²) in [6.45, 7) is 1.51. The molecule has 1 N–H and O–H groups in total. The number of nitrogens with zero attached hydrogens (tertiary/aromatic N) is 1. The summed E-state index contributed by atoms with van der Waals surface area (Å²) in [7, 11) is 3.89. The molecule has 0 saturated heterocycles. The highest BCUT2D eigenvalue weighted by molar-refractivity contribution is 5.89. The third kappa shape index (κ3) is 7.95. The minimum atomic E-state index is 0.143. The summed E-state index contributed by atoms with van der Waals surface area (Å²) in [4.78, 5) is 13.5. The first kappa shape index (κ1) is 15.2. The Hall–Kier alpha value is -1.87. The number of nitrogens with one attached hydrogen (secondary N) is 1. The maximum atomic E-state index is 11.5. The number of allylic oxidation sites excluding steroid dienone is 3. The van der Waals surface area contributed by atoms with Gasteiger partial charge in [-0.05, 0) is 23.9 Å². The van der Waals surface area contributed by atoms with Crippen molar-refractivity contribution in [2.75, 3.05) is 20.6 Å². The number of benzene rings is 1. The third-order valence-electron chi connectivity index (χ3n) is 2.50. The molecule has 0 bridgehead atoms. The molecule has 1 rings (SSSR count). The van der Waals surface area contributed by atoms with Crippen LogP contribution < -0.4 is 5.32 Å². The molecule has 0 saturated carbocycles. The number of carbonyl (C=O) groups is 1. The third-order valence-corrected chi connectivity index (χ3v) is 2.50. The second-order valence-corrected chi connectivity index (χ2v) is 4.54. The molecule has 0 unspecified atom stereocenters. The van der Waals surface area contributed by atoms with Crippen LogP contribution in [0.2, 0.25) is 0 Å². The molecule has 102 valence electrons. The van der Waals surface area contributed by atoms with Gasteiger partial charge in [0, 0.05) is 33.6 Å². The van der Waals surface area contributed by atoms with Gasteiger partial charge in [-0.3, -0.25) is 4.79 Å². The Morgan fingerprint density at radius 2 is 1.95 bits per heavy atom. The molecule has 0 spiro atoms. The van der Waals surface area contributed by atoms with Gasteiger partial charge in [0.15, 0.2) is 5.78 Å². The van der Waals surface area contributed by atoms with Crippen molar-refractivity contribution in [1.29, 1.82) is 0 Å². The molecule has 0 radical (unpaired) electrons.